The van der Waals surface area contributed by atoms with E-state index in [0.717, 1.165) is 5.56 Å². The van der Waals surface area contributed by atoms with Crippen molar-refractivity contribution in [1.29, 1.82) is 0 Å². The minimum absolute atomic E-state index is 0.0827. The van der Waals surface area contributed by atoms with Gasteiger partial charge in [0.25, 0.3) is 5.69 Å². The third-order valence-corrected chi connectivity index (χ3v) is 2.97. The summed E-state index contributed by atoms with van der Waals surface area (Å²) in [6.45, 7) is 0.0917. The molecule has 0 fully saturated rings. The SMILES string of the molecule is O=[N+]([O-])c1ccc(Oc2ccc(CCO)cc2)c(Cl)c1. The molecule has 104 valence electrons. The summed E-state index contributed by atoms with van der Waals surface area (Å²) in [6.07, 6.45) is 0.582. The number of hydrogen-bond donors (Lipinski definition) is 1. The molecule has 0 heterocycles. The van der Waals surface area contributed by atoms with E-state index in [9.17, 15) is 10.1 Å². The fourth-order valence-electron chi connectivity index (χ4n) is 1.67. The standard InChI is InChI=1S/C14H12ClNO4/c15-13-9-11(16(18)19)3-6-14(13)20-12-4-1-10(2-5-12)7-8-17/h1-6,9,17H,7-8H2. The molecule has 0 unspecified atom stereocenters. The first kappa shape index (κ1) is 14.3. The van der Waals surface area contributed by atoms with Crippen LogP contribution in [0, 0.1) is 10.1 Å². The summed E-state index contributed by atoms with van der Waals surface area (Å²) in [6, 6.07) is 11.2. The van der Waals surface area contributed by atoms with Crippen LogP contribution in [0.15, 0.2) is 42.5 Å². The van der Waals surface area contributed by atoms with Gasteiger partial charge in [-0.2, -0.15) is 0 Å². The second-order valence-electron chi connectivity index (χ2n) is 4.09. The number of nitrogens with zero attached hydrogens (tertiary/aromatic N) is 1. The minimum atomic E-state index is -0.515. The molecule has 6 heteroatoms. The van der Waals surface area contributed by atoms with Crippen LogP contribution < -0.4 is 4.74 Å². The lowest BCUT2D eigenvalue weighted by molar-refractivity contribution is -0.384. The Balaban J connectivity index is 2.15. The molecule has 0 spiro atoms. The van der Waals surface area contributed by atoms with E-state index >= 15 is 0 Å². The lowest BCUT2D eigenvalue weighted by Crippen LogP contribution is -1.92. The van der Waals surface area contributed by atoms with Crippen molar-refractivity contribution in [1.82, 2.24) is 0 Å². The van der Waals surface area contributed by atoms with Crippen LogP contribution in [-0.2, 0) is 6.42 Å². The third-order valence-electron chi connectivity index (χ3n) is 2.68. The summed E-state index contributed by atoms with van der Waals surface area (Å²) in [5.74, 6) is 0.926. The average Bonchev–Trinajstić information content (AvgIpc) is 2.43. The number of ether oxygens (including phenoxy) is 1. The normalized spacial score (nSPS) is 10.3. The summed E-state index contributed by atoms with van der Waals surface area (Å²) in [5.41, 5.74) is 0.912. The van der Waals surface area contributed by atoms with E-state index in [0.29, 0.717) is 17.9 Å². The molecule has 0 radical (unpaired) electrons. The van der Waals surface area contributed by atoms with Gasteiger partial charge in [-0.15, -0.1) is 0 Å². The quantitative estimate of drug-likeness (QED) is 0.675. The van der Waals surface area contributed by atoms with E-state index in [1.807, 2.05) is 12.1 Å². The molecule has 0 bridgehead atoms. The fraction of sp³-hybridized carbons (Fsp3) is 0.143. The summed E-state index contributed by atoms with van der Waals surface area (Å²) in [4.78, 5) is 10.1. The van der Waals surface area contributed by atoms with Crippen molar-refractivity contribution in [2.24, 2.45) is 0 Å². The predicted octanol–water partition coefficient (Wildman–Crippen LogP) is 3.58. The minimum Gasteiger partial charge on any atom is -0.456 e. The smallest absolute Gasteiger partial charge is 0.271 e. The molecule has 0 aliphatic heterocycles. The molecular formula is C14H12ClNO4. The van der Waals surface area contributed by atoms with E-state index in [-0.39, 0.29) is 17.3 Å². The van der Waals surface area contributed by atoms with Crippen LogP contribution in [0.2, 0.25) is 5.02 Å². The first-order chi connectivity index (χ1) is 9.60. The maximum atomic E-state index is 10.6. The van der Waals surface area contributed by atoms with Gasteiger partial charge in [-0.1, -0.05) is 23.7 Å². The maximum absolute atomic E-state index is 10.6. The Bertz CT molecular complexity index is 613. The molecule has 0 amide bonds. The van der Waals surface area contributed by atoms with Crippen molar-refractivity contribution < 1.29 is 14.8 Å². The van der Waals surface area contributed by atoms with Crippen LogP contribution >= 0.6 is 11.6 Å². The van der Waals surface area contributed by atoms with Crippen molar-refractivity contribution in [2.75, 3.05) is 6.61 Å². The lowest BCUT2D eigenvalue weighted by atomic mass is 10.1. The van der Waals surface area contributed by atoms with Gasteiger partial charge < -0.3 is 9.84 Å². The van der Waals surface area contributed by atoms with Crippen LogP contribution in [0.3, 0.4) is 0 Å². The van der Waals surface area contributed by atoms with Crippen molar-refractivity contribution in [2.45, 2.75) is 6.42 Å². The molecular weight excluding hydrogens is 282 g/mol. The lowest BCUT2D eigenvalue weighted by Gasteiger charge is -2.08. The van der Waals surface area contributed by atoms with Crippen LogP contribution in [-0.4, -0.2) is 16.6 Å². The zero-order valence-corrected chi connectivity index (χ0v) is 11.2. The fourth-order valence-corrected chi connectivity index (χ4v) is 1.88. The second kappa shape index (κ2) is 6.36. The average molecular weight is 294 g/mol. The van der Waals surface area contributed by atoms with E-state index in [2.05, 4.69) is 0 Å². The Morgan fingerprint density at radius 3 is 2.45 bits per heavy atom. The number of aliphatic hydroxyl groups excluding tert-OH is 1. The summed E-state index contributed by atoms with van der Waals surface area (Å²) < 4.78 is 5.56. The molecule has 5 nitrogen and oxygen atoms in total. The van der Waals surface area contributed by atoms with Gasteiger partial charge in [-0.25, -0.2) is 0 Å². The number of rotatable bonds is 5. The molecule has 2 rings (SSSR count). The highest BCUT2D eigenvalue weighted by molar-refractivity contribution is 6.32. The van der Waals surface area contributed by atoms with E-state index in [1.165, 1.54) is 18.2 Å². The van der Waals surface area contributed by atoms with Crippen molar-refractivity contribution in [3.8, 4) is 11.5 Å². The van der Waals surface area contributed by atoms with Crippen molar-refractivity contribution >= 4 is 17.3 Å². The Morgan fingerprint density at radius 1 is 1.20 bits per heavy atom. The number of non-ortho nitro benzene ring substituents is 1. The Morgan fingerprint density at radius 2 is 1.90 bits per heavy atom. The number of nitro benzene ring substituents is 1. The molecule has 1 N–H and O–H groups in total. The molecule has 0 saturated carbocycles. The number of benzene rings is 2. The number of aliphatic hydroxyl groups is 1. The van der Waals surface area contributed by atoms with Crippen molar-refractivity contribution in [3.63, 3.8) is 0 Å². The van der Waals surface area contributed by atoms with Crippen LogP contribution in [0.1, 0.15) is 5.56 Å². The van der Waals surface area contributed by atoms with Gasteiger partial charge in [0.15, 0.2) is 0 Å². The van der Waals surface area contributed by atoms with Crippen LogP contribution in [0.25, 0.3) is 0 Å². The zero-order valence-electron chi connectivity index (χ0n) is 10.5. The van der Waals surface area contributed by atoms with Gasteiger partial charge in [0.2, 0.25) is 0 Å². The molecule has 20 heavy (non-hydrogen) atoms. The Labute approximate surface area is 120 Å². The second-order valence-corrected chi connectivity index (χ2v) is 4.50. The topological polar surface area (TPSA) is 72.6 Å². The highest BCUT2D eigenvalue weighted by Crippen LogP contribution is 2.32. The number of nitro groups is 1. The highest BCUT2D eigenvalue weighted by Gasteiger charge is 2.10. The first-order valence-electron chi connectivity index (χ1n) is 5.92. The van der Waals surface area contributed by atoms with Gasteiger partial charge in [0, 0.05) is 18.7 Å². The molecule has 0 aliphatic rings. The highest BCUT2D eigenvalue weighted by atomic mass is 35.5. The molecule has 2 aromatic carbocycles. The van der Waals surface area contributed by atoms with E-state index < -0.39 is 4.92 Å². The molecule has 0 aromatic heterocycles. The summed E-state index contributed by atoms with van der Waals surface area (Å²) >= 11 is 5.94. The maximum Gasteiger partial charge on any atom is 0.271 e. The monoisotopic (exact) mass is 293 g/mol. The van der Waals surface area contributed by atoms with Gasteiger partial charge in [-0.05, 0) is 30.2 Å². The third kappa shape index (κ3) is 3.46. The molecule has 0 atom stereocenters. The number of halogens is 1. The summed E-state index contributed by atoms with van der Waals surface area (Å²) in [7, 11) is 0. The molecule has 0 saturated heterocycles. The van der Waals surface area contributed by atoms with Gasteiger partial charge in [0.1, 0.15) is 11.5 Å². The first-order valence-corrected chi connectivity index (χ1v) is 6.29. The predicted molar refractivity (Wildman–Crippen MR) is 75.4 cm³/mol. The zero-order chi connectivity index (χ0) is 14.5. The number of hydrogen-bond acceptors (Lipinski definition) is 4. The summed E-state index contributed by atoms with van der Waals surface area (Å²) in [5, 5.41) is 19.6. The van der Waals surface area contributed by atoms with E-state index in [1.54, 1.807) is 12.1 Å². The van der Waals surface area contributed by atoms with Crippen LogP contribution in [0.4, 0.5) is 5.69 Å². The Hall–Kier alpha value is -2.11. The Kier molecular flexibility index (Phi) is 4.55. The largest absolute Gasteiger partial charge is 0.456 e. The van der Waals surface area contributed by atoms with Gasteiger partial charge in [0.05, 0.1) is 9.95 Å². The van der Waals surface area contributed by atoms with Gasteiger partial charge in [-0.3, -0.25) is 10.1 Å². The van der Waals surface area contributed by atoms with E-state index in [4.69, 9.17) is 21.4 Å². The molecule has 2 aromatic rings. The molecule has 0 aliphatic carbocycles. The van der Waals surface area contributed by atoms with Crippen molar-refractivity contribution in [3.05, 3.63) is 63.2 Å². The van der Waals surface area contributed by atoms with Crippen LogP contribution in [0.5, 0.6) is 11.5 Å². The van der Waals surface area contributed by atoms with Gasteiger partial charge >= 0.3 is 0 Å².